The number of methoxy groups -OCH3 is 1. The molecule has 0 radical (unpaired) electrons. The van der Waals surface area contributed by atoms with Crippen molar-refractivity contribution in [3.63, 3.8) is 0 Å². The van der Waals surface area contributed by atoms with E-state index in [1.54, 1.807) is 13.0 Å². The number of nitrogens with one attached hydrogen (secondary N) is 1. The third-order valence-electron chi connectivity index (χ3n) is 6.45. The highest BCUT2D eigenvalue weighted by atomic mass is 19.1. The van der Waals surface area contributed by atoms with Gasteiger partial charge in [-0.15, -0.1) is 0 Å². The number of hydrogen-bond donors (Lipinski definition) is 1. The van der Waals surface area contributed by atoms with Crippen LogP contribution < -0.4 is 15.0 Å². The minimum atomic E-state index is -1.12. The van der Waals surface area contributed by atoms with E-state index in [1.165, 1.54) is 13.2 Å². The Morgan fingerprint density at radius 3 is 2.73 bits per heavy atom. The van der Waals surface area contributed by atoms with Gasteiger partial charge in [0.25, 0.3) is 5.89 Å². The number of halogens is 2. The van der Waals surface area contributed by atoms with Gasteiger partial charge in [-0.05, 0) is 38.3 Å². The summed E-state index contributed by atoms with van der Waals surface area (Å²) in [5.74, 6) is 1.07. The van der Waals surface area contributed by atoms with E-state index in [4.69, 9.17) is 14.0 Å². The molecule has 2 fully saturated rings. The predicted octanol–water partition coefficient (Wildman–Crippen LogP) is 3.34. The van der Waals surface area contributed by atoms with Gasteiger partial charge >= 0.3 is 0 Å². The molecule has 0 amide bonds. The Hall–Kier alpha value is -2.85. The standard InChI is InChI=1S/C23H27F2N5O3/c1-12-16-8-15(31-3)9-17(24)21(16)28-22(20(12)23-26-13(2)29-33-23)30-6-4-19(18(25)10-30)27-14-5-7-32-11-14/h8-9,14,18-19,27H,4-7,10-11H2,1-3H3/t14-,18+,19-/m0/s1. The molecule has 2 aromatic heterocycles. The second kappa shape index (κ2) is 8.83. The lowest BCUT2D eigenvalue weighted by molar-refractivity contribution is 0.172. The number of hydrogen-bond acceptors (Lipinski definition) is 8. The fraction of sp³-hybridized carbons (Fsp3) is 0.522. The molecule has 2 aliphatic rings. The van der Waals surface area contributed by atoms with Crippen molar-refractivity contribution in [2.75, 3.05) is 38.3 Å². The molecule has 3 aromatic rings. The zero-order valence-electron chi connectivity index (χ0n) is 18.9. The number of piperidine rings is 1. The summed E-state index contributed by atoms with van der Waals surface area (Å²) in [6.07, 6.45) is 0.362. The van der Waals surface area contributed by atoms with E-state index in [-0.39, 0.29) is 30.0 Å². The summed E-state index contributed by atoms with van der Waals surface area (Å²) < 4.78 is 46.3. The molecule has 5 rings (SSSR count). The van der Waals surface area contributed by atoms with Crippen molar-refractivity contribution < 1.29 is 22.8 Å². The summed E-state index contributed by atoms with van der Waals surface area (Å²) >= 11 is 0. The summed E-state index contributed by atoms with van der Waals surface area (Å²) in [7, 11) is 1.48. The minimum absolute atomic E-state index is 0.126. The van der Waals surface area contributed by atoms with Crippen LogP contribution in [-0.2, 0) is 4.74 Å². The normalized spacial score (nSPS) is 23.4. The number of benzene rings is 1. The first-order valence-corrected chi connectivity index (χ1v) is 11.2. The topological polar surface area (TPSA) is 85.5 Å². The van der Waals surface area contributed by atoms with Crippen molar-refractivity contribution in [1.29, 1.82) is 0 Å². The second-order valence-electron chi connectivity index (χ2n) is 8.67. The van der Waals surface area contributed by atoms with Crippen LogP contribution in [0.1, 0.15) is 24.2 Å². The molecule has 0 spiro atoms. The van der Waals surface area contributed by atoms with Crippen LogP contribution in [0.3, 0.4) is 0 Å². The quantitative estimate of drug-likeness (QED) is 0.622. The number of alkyl halides is 1. The number of pyridine rings is 1. The van der Waals surface area contributed by atoms with Gasteiger partial charge in [0.2, 0.25) is 0 Å². The number of aryl methyl sites for hydroxylation is 2. The summed E-state index contributed by atoms with van der Waals surface area (Å²) in [5, 5.41) is 7.88. The first kappa shape index (κ1) is 22.0. The molecule has 1 N–H and O–H groups in total. The van der Waals surface area contributed by atoms with Gasteiger partial charge < -0.3 is 24.2 Å². The van der Waals surface area contributed by atoms with Gasteiger partial charge in [0, 0.05) is 36.7 Å². The molecule has 8 nitrogen and oxygen atoms in total. The number of fused-ring (bicyclic) bond motifs is 1. The molecule has 0 unspecified atom stereocenters. The summed E-state index contributed by atoms with van der Waals surface area (Å²) in [4.78, 5) is 10.9. The molecule has 0 saturated carbocycles. The fourth-order valence-corrected chi connectivity index (χ4v) is 4.69. The minimum Gasteiger partial charge on any atom is -0.497 e. The lowest BCUT2D eigenvalue weighted by Crippen LogP contribution is -2.54. The smallest absolute Gasteiger partial charge is 0.261 e. The third kappa shape index (κ3) is 4.13. The molecule has 176 valence electrons. The van der Waals surface area contributed by atoms with E-state index in [0.29, 0.717) is 54.5 Å². The van der Waals surface area contributed by atoms with E-state index in [0.717, 1.165) is 12.0 Å². The molecule has 10 heteroatoms. The van der Waals surface area contributed by atoms with Crippen molar-refractivity contribution in [1.82, 2.24) is 20.4 Å². The monoisotopic (exact) mass is 459 g/mol. The Morgan fingerprint density at radius 2 is 2.06 bits per heavy atom. The average molecular weight is 459 g/mol. The van der Waals surface area contributed by atoms with E-state index in [2.05, 4.69) is 20.4 Å². The van der Waals surface area contributed by atoms with Gasteiger partial charge in [-0.1, -0.05) is 5.16 Å². The van der Waals surface area contributed by atoms with Crippen LogP contribution in [0.2, 0.25) is 0 Å². The lowest BCUT2D eigenvalue weighted by atomic mass is 9.98. The van der Waals surface area contributed by atoms with Crippen LogP contribution in [0.4, 0.5) is 14.6 Å². The molecule has 33 heavy (non-hydrogen) atoms. The van der Waals surface area contributed by atoms with Gasteiger partial charge in [-0.25, -0.2) is 13.8 Å². The molecule has 4 heterocycles. The van der Waals surface area contributed by atoms with Crippen molar-refractivity contribution in [2.45, 2.75) is 44.9 Å². The fourth-order valence-electron chi connectivity index (χ4n) is 4.69. The Balaban J connectivity index is 1.55. The van der Waals surface area contributed by atoms with Gasteiger partial charge in [-0.3, -0.25) is 0 Å². The van der Waals surface area contributed by atoms with E-state index >= 15 is 4.39 Å². The largest absolute Gasteiger partial charge is 0.497 e. The van der Waals surface area contributed by atoms with Gasteiger partial charge in [-0.2, -0.15) is 4.98 Å². The van der Waals surface area contributed by atoms with Gasteiger partial charge in [0.05, 0.1) is 25.8 Å². The van der Waals surface area contributed by atoms with Crippen molar-refractivity contribution in [3.05, 3.63) is 29.3 Å². The molecule has 1 aromatic carbocycles. The SMILES string of the molecule is COc1cc(F)c2nc(N3CC[C@H](N[C@H]4CCOC4)[C@H](F)C3)c(-c3nc(C)no3)c(C)c2c1. The first-order chi connectivity index (χ1) is 15.9. The number of nitrogens with zero attached hydrogens (tertiary/aromatic N) is 4. The van der Waals surface area contributed by atoms with Gasteiger partial charge in [0.1, 0.15) is 23.3 Å². The number of aromatic nitrogens is 3. The Kier molecular flexibility index (Phi) is 5.88. The molecule has 0 bridgehead atoms. The van der Waals surface area contributed by atoms with Crippen LogP contribution in [0.25, 0.3) is 22.4 Å². The number of anilines is 1. The van der Waals surface area contributed by atoms with Crippen molar-refractivity contribution in [2.24, 2.45) is 0 Å². The maximum Gasteiger partial charge on any atom is 0.261 e. The Morgan fingerprint density at radius 1 is 1.21 bits per heavy atom. The molecular weight excluding hydrogens is 432 g/mol. The molecule has 2 saturated heterocycles. The second-order valence-corrected chi connectivity index (χ2v) is 8.67. The highest BCUT2D eigenvalue weighted by Crippen LogP contribution is 2.39. The van der Waals surface area contributed by atoms with Crippen LogP contribution in [0.15, 0.2) is 16.7 Å². The third-order valence-corrected chi connectivity index (χ3v) is 6.45. The Bertz CT molecular complexity index is 1160. The first-order valence-electron chi connectivity index (χ1n) is 11.2. The highest BCUT2D eigenvalue weighted by molar-refractivity contribution is 5.93. The average Bonchev–Trinajstić information content (AvgIpc) is 3.47. The van der Waals surface area contributed by atoms with E-state index in [9.17, 15) is 4.39 Å². The van der Waals surface area contributed by atoms with E-state index in [1.807, 2.05) is 11.8 Å². The number of rotatable bonds is 5. The molecule has 0 aliphatic carbocycles. The summed E-state index contributed by atoms with van der Waals surface area (Å²) in [6.45, 7) is 5.57. The summed E-state index contributed by atoms with van der Waals surface area (Å²) in [6, 6.07) is 2.95. The predicted molar refractivity (Wildman–Crippen MR) is 119 cm³/mol. The molecular formula is C23H27F2N5O3. The maximum atomic E-state index is 15.3. The zero-order valence-corrected chi connectivity index (χ0v) is 18.9. The van der Waals surface area contributed by atoms with Crippen LogP contribution in [0.5, 0.6) is 5.75 Å². The van der Waals surface area contributed by atoms with Crippen LogP contribution >= 0.6 is 0 Å². The Labute approximate surface area is 190 Å². The van der Waals surface area contributed by atoms with Crippen molar-refractivity contribution in [3.8, 4) is 17.2 Å². The molecule has 3 atom stereocenters. The maximum absolute atomic E-state index is 15.3. The zero-order chi connectivity index (χ0) is 23.1. The summed E-state index contributed by atoms with van der Waals surface area (Å²) in [5.41, 5.74) is 1.50. The highest BCUT2D eigenvalue weighted by Gasteiger charge is 2.34. The molecule has 2 aliphatic heterocycles. The van der Waals surface area contributed by atoms with Crippen LogP contribution in [0, 0.1) is 19.7 Å². The lowest BCUT2D eigenvalue weighted by Gasteiger charge is -2.37. The van der Waals surface area contributed by atoms with Crippen LogP contribution in [-0.4, -0.2) is 66.8 Å². The van der Waals surface area contributed by atoms with Gasteiger partial charge in [0.15, 0.2) is 11.6 Å². The van der Waals surface area contributed by atoms with E-state index < -0.39 is 12.0 Å². The number of ether oxygens (including phenoxy) is 2. The van der Waals surface area contributed by atoms with Crippen molar-refractivity contribution >= 4 is 16.7 Å².